The van der Waals surface area contributed by atoms with E-state index in [2.05, 4.69) is 15.3 Å². The Balaban J connectivity index is 2.45. The second-order valence-corrected chi connectivity index (χ2v) is 4.37. The molecule has 8 nitrogen and oxygen atoms in total. The first-order valence-electron chi connectivity index (χ1n) is 6.08. The van der Waals surface area contributed by atoms with Crippen LogP contribution in [-0.4, -0.2) is 19.4 Å². The molecule has 0 spiro atoms. The van der Waals surface area contributed by atoms with E-state index in [1.165, 1.54) is 25.5 Å². The molecule has 1 heterocycles. The fourth-order valence-electron chi connectivity index (χ4n) is 1.82. The van der Waals surface area contributed by atoms with Gasteiger partial charge in [0.05, 0.1) is 13.3 Å². The van der Waals surface area contributed by atoms with Gasteiger partial charge < -0.3 is 15.2 Å². The summed E-state index contributed by atoms with van der Waals surface area (Å²) in [7, 11) is 1.22. The van der Waals surface area contributed by atoms with Gasteiger partial charge in [-0.15, -0.1) is 0 Å². The quantitative estimate of drug-likeness (QED) is 0.374. The number of methoxy groups -OCH3 is 1. The van der Waals surface area contributed by atoms with Gasteiger partial charge in [0.2, 0.25) is 0 Å². The van der Waals surface area contributed by atoms with E-state index in [-0.39, 0.29) is 11.0 Å². The summed E-state index contributed by atoms with van der Waals surface area (Å²) in [5.74, 6) is 0. The van der Waals surface area contributed by atoms with E-state index in [1.807, 2.05) is 0 Å². The summed E-state index contributed by atoms with van der Waals surface area (Å²) in [6.07, 6.45) is 0.649. The zero-order valence-electron chi connectivity index (χ0n) is 11.8. The van der Waals surface area contributed by atoms with Crippen LogP contribution in [0.4, 0.5) is 4.79 Å². The second-order valence-electron chi connectivity index (χ2n) is 4.37. The highest BCUT2D eigenvalue weighted by Crippen LogP contribution is 2.10. The number of fused-ring (bicyclic) bond motifs is 1. The van der Waals surface area contributed by atoms with Crippen LogP contribution in [0, 0.1) is 24.3 Å². The van der Waals surface area contributed by atoms with Crippen molar-refractivity contribution in [1.29, 1.82) is 0 Å². The van der Waals surface area contributed by atoms with Crippen molar-refractivity contribution in [3.8, 4) is 0 Å². The predicted octanol–water partition coefficient (Wildman–Crippen LogP) is 0.413. The van der Waals surface area contributed by atoms with E-state index < -0.39 is 6.09 Å². The first-order valence-corrected chi connectivity index (χ1v) is 6.08. The topological polar surface area (TPSA) is 105 Å². The molecule has 0 radical (unpaired) electrons. The molecule has 0 aliphatic rings. The van der Waals surface area contributed by atoms with Crippen LogP contribution in [0.2, 0.25) is 0 Å². The first-order chi connectivity index (χ1) is 9.95. The lowest BCUT2D eigenvalue weighted by atomic mass is 10.2. The van der Waals surface area contributed by atoms with Gasteiger partial charge in [-0.3, -0.25) is 0 Å². The molecule has 1 aromatic heterocycles. The van der Waals surface area contributed by atoms with Crippen molar-refractivity contribution in [3.05, 3.63) is 45.6 Å². The average Bonchev–Trinajstić information content (AvgIpc) is 2.50. The molecule has 2 rings (SSSR count). The third kappa shape index (κ3) is 2.69. The van der Waals surface area contributed by atoms with E-state index in [4.69, 9.17) is 0 Å². The highest BCUT2D eigenvalue weighted by molar-refractivity contribution is 5.85. The molecule has 0 fully saturated rings. The van der Waals surface area contributed by atoms with Gasteiger partial charge in [-0.05, 0) is 6.07 Å². The van der Waals surface area contributed by atoms with E-state index in [9.17, 15) is 15.2 Å². The number of benzene rings is 1. The molecule has 0 aliphatic heterocycles. The highest BCUT2D eigenvalue weighted by atomic mass is 16.5. The van der Waals surface area contributed by atoms with Gasteiger partial charge in [0.15, 0.2) is 0 Å². The van der Waals surface area contributed by atoms with Crippen molar-refractivity contribution >= 4 is 23.3 Å². The maximum Gasteiger partial charge on any atom is 0.427 e. The zero-order chi connectivity index (χ0) is 15.6. The zero-order valence-corrected chi connectivity index (χ0v) is 11.8. The largest absolute Gasteiger partial charge is 0.618 e. The molecule has 1 aromatic carbocycles. The van der Waals surface area contributed by atoms with Crippen LogP contribution >= 0.6 is 0 Å². The smallest absolute Gasteiger partial charge is 0.427 e. The number of hydrazone groups is 1. The number of carbonyl (C=O) groups excluding carboxylic acids is 1. The van der Waals surface area contributed by atoms with Gasteiger partial charge >= 0.3 is 6.09 Å². The fourth-order valence-corrected chi connectivity index (χ4v) is 1.82. The molecule has 110 valence electrons. The number of hydrogen-bond acceptors (Lipinski definition) is 5. The molecular weight excluding hydrogens is 276 g/mol. The van der Waals surface area contributed by atoms with Crippen molar-refractivity contribution in [1.82, 2.24) is 5.43 Å². The Morgan fingerprint density at radius 1 is 1.24 bits per heavy atom. The maximum absolute atomic E-state index is 12.1. The maximum atomic E-state index is 12.1. The molecule has 2 aromatic rings. The Bertz CT molecular complexity index is 743. The number of amides is 1. The minimum Gasteiger partial charge on any atom is -0.618 e. The highest BCUT2D eigenvalue weighted by Gasteiger charge is 2.21. The number of carbonyl (C=O) groups is 1. The third-order valence-corrected chi connectivity index (χ3v) is 3.12. The summed E-state index contributed by atoms with van der Waals surface area (Å²) in [6, 6.07) is 4.67. The summed E-state index contributed by atoms with van der Waals surface area (Å²) in [5.41, 5.74) is 3.88. The molecule has 0 bridgehead atoms. The fraction of sp³-hybridized carbons (Fsp3) is 0.231. The number of nitrogens with one attached hydrogen (secondary N) is 1. The molecule has 0 unspecified atom stereocenters. The molecular formula is C13H14N4O4. The minimum absolute atomic E-state index is 0.232. The Hall–Kier alpha value is -2.90. The van der Waals surface area contributed by atoms with Crippen LogP contribution in [-0.2, 0) is 4.74 Å². The Kier molecular flexibility index (Phi) is 3.88. The van der Waals surface area contributed by atoms with E-state index >= 15 is 0 Å². The number of nitrogens with zero attached hydrogens (tertiary/aromatic N) is 3. The van der Waals surface area contributed by atoms with Gasteiger partial charge in [-0.1, -0.05) is 0 Å². The van der Waals surface area contributed by atoms with Crippen molar-refractivity contribution in [2.75, 3.05) is 7.11 Å². The summed E-state index contributed by atoms with van der Waals surface area (Å²) in [4.78, 5) is 10.8. The van der Waals surface area contributed by atoms with Crippen molar-refractivity contribution in [3.63, 3.8) is 0 Å². The molecule has 1 N–H and O–H groups in total. The van der Waals surface area contributed by atoms with Gasteiger partial charge in [-0.25, -0.2) is 10.2 Å². The lowest BCUT2D eigenvalue weighted by molar-refractivity contribution is -0.638. The molecule has 0 atom stereocenters. The van der Waals surface area contributed by atoms with Crippen molar-refractivity contribution in [2.24, 2.45) is 5.10 Å². The number of rotatable bonds is 2. The van der Waals surface area contributed by atoms with Crippen LogP contribution in [0.1, 0.15) is 17.0 Å². The third-order valence-electron chi connectivity index (χ3n) is 3.12. The lowest BCUT2D eigenvalue weighted by Crippen LogP contribution is -2.43. The minimum atomic E-state index is -0.699. The standard InChI is InChI=1S/C13H14N4O4/c1-8-9(2)17(20)12-6-10(4-5-11(12)16(8)19)7-14-15-13(18)21-3/h4-7H,1-3H3,(H,15,18)/b14-7+. The van der Waals surface area contributed by atoms with Crippen LogP contribution in [0.3, 0.4) is 0 Å². The number of hydrogen-bond donors (Lipinski definition) is 1. The van der Waals surface area contributed by atoms with Crippen molar-refractivity contribution < 1.29 is 19.0 Å². The summed E-state index contributed by atoms with van der Waals surface area (Å²) < 4.78 is 5.77. The van der Waals surface area contributed by atoms with Gasteiger partial charge in [0, 0.05) is 31.5 Å². The molecule has 0 aliphatic carbocycles. The van der Waals surface area contributed by atoms with E-state index in [0.717, 1.165) is 0 Å². The number of aromatic nitrogens is 2. The summed E-state index contributed by atoms with van der Waals surface area (Å²) in [6.45, 7) is 3.17. The van der Waals surface area contributed by atoms with Crippen LogP contribution in [0.5, 0.6) is 0 Å². The monoisotopic (exact) mass is 290 g/mol. The molecule has 1 amide bonds. The van der Waals surface area contributed by atoms with Crippen LogP contribution < -0.4 is 14.9 Å². The average molecular weight is 290 g/mol. The SMILES string of the molecule is COC(=O)N/N=C/c1ccc2c(c1)[n+]([O-])c(C)c(C)[n+]2[O-]. The van der Waals surface area contributed by atoms with Crippen molar-refractivity contribution in [2.45, 2.75) is 13.8 Å². The molecule has 0 saturated heterocycles. The van der Waals surface area contributed by atoms with E-state index in [1.54, 1.807) is 19.9 Å². The Labute approximate surface area is 120 Å². The van der Waals surface area contributed by atoms with Crippen LogP contribution in [0.15, 0.2) is 23.3 Å². The van der Waals surface area contributed by atoms with Gasteiger partial charge in [0.25, 0.3) is 22.4 Å². The molecule has 0 saturated carbocycles. The second kappa shape index (κ2) is 5.61. The Morgan fingerprint density at radius 2 is 1.86 bits per heavy atom. The lowest BCUT2D eigenvalue weighted by Gasteiger charge is -2.09. The molecule has 21 heavy (non-hydrogen) atoms. The predicted molar refractivity (Wildman–Crippen MR) is 74.5 cm³/mol. The van der Waals surface area contributed by atoms with E-state index in [0.29, 0.717) is 26.4 Å². The van der Waals surface area contributed by atoms with Gasteiger partial charge in [0.1, 0.15) is 0 Å². The number of ether oxygens (including phenoxy) is 1. The summed E-state index contributed by atoms with van der Waals surface area (Å²) >= 11 is 0. The first kappa shape index (κ1) is 14.5. The normalized spacial score (nSPS) is 11.0. The van der Waals surface area contributed by atoms with Crippen LogP contribution in [0.25, 0.3) is 11.0 Å². The van der Waals surface area contributed by atoms with Gasteiger partial charge in [-0.2, -0.15) is 14.6 Å². The Morgan fingerprint density at radius 3 is 2.48 bits per heavy atom. The summed E-state index contributed by atoms with van der Waals surface area (Å²) in [5, 5.41) is 27.8. The molecule has 8 heteroatoms.